The first-order valence-electron chi connectivity index (χ1n) is 6.32. The number of methoxy groups -OCH3 is 1. The van der Waals surface area contributed by atoms with Gasteiger partial charge >= 0.3 is 0 Å². The maximum absolute atomic E-state index is 12.1. The highest BCUT2D eigenvalue weighted by atomic mass is 32.1. The molecule has 0 aliphatic heterocycles. The summed E-state index contributed by atoms with van der Waals surface area (Å²) in [5.41, 5.74) is 6.47. The smallest absolute Gasteiger partial charge is 0.243 e. The van der Waals surface area contributed by atoms with Crippen LogP contribution in [0.15, 0.2) is 18.2 Å². The number of hydrogen-bond acceptors (Lipinski definition) is 5. The summed E-state index contributed by atoms with van der Waals surface area (Å²) in [5.74, 6) is 0.550. The highest BCUT2D eigenvalue weighted by Gasteiger charge is 2.28. The van der Waals surface area contributed by atoms with Gasteiger partial charge in [0.2, 0.25) is 5.91 Å². The number of hydrogen-bond donors (Lipinski definition) is 2. The molecule has 20 heavy (non-hydrogen) atoms. The second-order valence-corrected chi connectivity index (χ2v) is 6.72. The van der Waals surface area contributed by atoms with Crippen molar-refractivity contribution < 1.29 is 9.53 Å². The van der Waals surface area contributed by atoms with Crippen LogP contribution < -0.4 is 15.8 Å². The molecule has 0 bridgehead atoms. The molecule has 1 amide bonds. The first-order valence-corrected chi connectivity index (χ1v) is 7.14. The van der Waals surface area contributed by atoms with Gasteiger partial charge in [-0.05, 0) is 23.6 Å². The van der Waals surface area contributed by atoms with Crippen LogP contribution in [0, 0.1) is 5.41 Å². The first kappa shape index (κ1) is 14.7. The number of thiazole rings is 1. The van der Waals surface area contributed by atoms with Crippen LogP contribution in [0.4, 0.5) is 5.13 Å². The molecule has 0 spiro atoms. The van der Waals surface area contributed by atoms with Gasteiger partial charge in [-0.3, -0.25) is 4.79 Å². The fraction of sp³-hybridized carbons (Fsp3) is 0.429. The maximum atomic E-state index is 12.1. The molecule has 1 atom stereocenters. The average Bonchev–Trinajstić information content (AvgIpc) is 2.77. The number of aromatic nitrogens is 1. The van der Waals surface area contributed by atoms with Crippen LogP contribution in [0.3, 0.4) is 0 Å². The number of anilines is 1. The molecule has 3 N–H and O–H groups in total. The van der Waals surface area contributed by atoms with E-state index in [2.05, 4.69) is 10.3 Å². The van der Waals surface area contributed by atoms with Gasteiger partial charge < -0.3 is 15.8 Å². The Morgan fingerprint density at radius 3 is 2.75 bits per heavy atom. The summed E-state index contributed by atoms with van der Waals surface area (Å²) in [4.78, 5) is 16.4. The van der Waals surface area contributed by atoms with Crippen molar-refractivity contribution in [2.24, 2.45) is 11.1 Å². The second kappa shape index (κ2) is 5.38. The molecule has 0 radical (unpaired) electrons. The molecule has 2 aromatic rings. The summed E-state index contributed by atoms with van der Waals surface area (Å²) in [5, 5.41) is 3.33. The zero-order valence-corrected chi connectivity index (χ0v) is 12.9. The Morgan fingerprint density at radius 1 is 1.45 bits per heavy atom. The topological polar surface area (TPSA) is 77.2 Å². The monoisotopic (exact) mass is 293 g/mol. The molecule has 1 heterocycles. The predicted molar refractivity (Wildman–Crippen MR) is 82.2 cm³/mol. The summed E-state index contributed by atoms with van der Waals surface area (Å²) in [6.45, 7) is 5.79. The third-order valence-corrected chi connectivity index (χ3v) is 3.97. The normalized spacial score (nSPS) is 13.2. The molecule has 0 saturated carbocycles. The molecule has 6 heteroatoms. The number of nitrogens with two attached hydrogens (primary N) is 1. The van der Waals surface area contributed by atoms with Crippen LogP contribution in [0.25, 0.3) is 10.2 Å². The van der Waals surface area contributed by atoms with Gasteiger partial charge in [0.1, 0.15) is 5.75 Å². The lowest BCUT2D eigenvalue weighted by Gasteiger charge is -2.25. The molecule has 0 saturated heterocycles. The number of rotatable bonds is 3. The van der Waals surface area contributed by atoms with Crippen LogP contribution in [0.1, 0.15) is 20.8 Å². The van der Waals surface area contributed by atoms with Gasteiger partial charge in [-0.1, -0.05) is 32.1 Å². The largest absolute Gasteiger partial charge is 0.497 e. The van der Waals surface area contributed by atoms with E-state index in [0.717, 1.165) is 16.0 Å². The maximum Gasteiger partial charge on any atom is 0.243 e. The van der Waals surface area contributed by atoms with E-state index in [-0.39, 0.29) is 11.3 Å². The molecular formula is C14H19N3O2S. The Balaban J connectivity index is 2.20. The van der Waals surface area contributed by atoms with E-state index in [4.69, 9.17) is 10.5 Å². The standard InChI is InChI=1S/C14H19N3O2S/c1-14(2,3)11(15)12(18)17-13-16-9-6-5-8(19-4)7-10(9)20-13/h5-7,11H,15H2,1-4H3,(H,16,17,18)/t11-/m0/s1. The van der Waals surface area contributed by atoms with Crippen molar-refractivity contribution in [2.45, 2.75) is 26.8 Å². The Hall–Kier alpha value is -1.66. The van der Waals surface area contributed by atoms with Gasteiger partial charge in [0.15, 0.2) is 5.13 Å². The number of benzene rings is 1. The van der Waals surface area contributed by atoms with Gasteiger partial charge in [-0.25, -0.2) is 4.98 Å². The number of nitrogens with zero attached hydrogens (tertiary/aromatic N) is 1. The molecule has 1 aromatic heterocycles. The molecule has 5 nitrogen and oxygen atoms in total. The van der Waals surface area contributed by atoms with E-state index < -0.39 is 6.04 Å². The van der Waals surface area contributed by atoms with Crippen LogP contribution in [0.2, 0.25) is 0 Å². The Bertz CT molecular complexity index is 631. The zero-order valence-electron chi connectivity index (χ0n) is 12.1. The van der Waals surface area contributed by atoms with E-state index in [1.54, 1.807) is 7.11 Å². The molecule has 108 valence electrons. The Labute approximate surface area is 122 Å². The van der Waals surface area contributed by atoms with Crippen molar-refractivity contribution >= 4 is 32.6 Å². The van der Waals surface area contributed by atoms with E-state index in [0.29, 0.717) is 5.13 Å². The highest BCUT2D eigenvalue weighted by Crippen LogP contribution is 2.29. The highest BCUT2D eigenvalue weighted by molar-refractivity contribution is 7.22. The minimum absolute atomic E-state index is 0.219. The Morgan fingerprint density at radius 2 is 2.15 bits per heavy atom. The summed E-state index contributed by atoms with van der Waals surface area (Å²) in [7, 11) is 1.62. The van der Waals surface area contributed by atoms with Gasteiger partial charge in [0.05, 0.1) is 23.4 Å². The van der Waals surface area contributed by atoms with E-state index in [9.17, 15) is 4.79 Å². The summed E-state index contributed by atoms with van der Waals surface area (Å²) in [6.07, 6.45) is 0. The van der Waals surface area contributed by atoms with Gasteiger partial charge in [0, 0.05) is 0 Å². The molecule has 0 unspecified atom stereocenters. The SMILES string of the molecule is COc1ccc2nc(NC(=O)[C@H](N)C(C)(C)C)sc2c1. The van der Waals surface area contributed by atoms with Crippen molar-refractivity contribution in [3.63, 3.8) is 0 Å². The number of nitrogens with one attached hydrogen (secondary N) is 1. The molecule has 0 fully saturated rings. The zero-order chi connectivity index (χ0) is 14.9. The number of carbonyl (C=O) groups is 1. The lowest BCUT2D eigenvalue weighted by Crippen LogP contribution is -2.45. The number of amides is 1. The molecule has 2 rings (SSSR count). The average molecular weight is 293 g/mol. The van der Waals surface area contributed by atoms with E-state index >= 15 is 0 Å². The third-order valence-electron chi connectivity index (χ3n) is 3.04. The number of fused-ring (bicyclic) bond motifs is 1. The minimum Gasteiger partial charge on any atom is -0.497 e. The number of ether oxygens (including phenoxy) is 1. The van der Waals surface area contributed by atoms with Gasteiger partial charge in [0.25, 0.3) is 0 Å². The quantitative estimate of drug-likeness (QED) is 0.912. The van der Waals surface area contributed by atoms with Crippen LogP contribution in [-0.2, 0) is 4.79 Å². The van der Waals surface area contributed by atoms with Crippen molar-refractivity contribution in [2.75, 3.05) is 12.4 Å². The molecular weight excluding hydrogens is 274 g/mol. The lowest BCUT2D eigenvalue weighted by atomic mass is 9.87. The van der Waals surface area contributed by atoms with Gasteiger partial charge in [-0.15, -0.1) is 0 Å². The minimum atomic E-state index is -0.580. The Kier molecular flexibility index (Phi) is 3.96. The fourth-order valence-electron chi connectivity index (χ4n) is 1.66. The third kappa shape index (κ3) is 3.08. The summed E-state index contributed by atoms with van der Waals surface area (Å²) < 4.78 is 6.13. The van der Waals surface area contributed by atoms with E-state index in [1.807, 2.05) is 39.0 Å². The fourth-order valence-corrected chi connectivity index (χ4v) is 2.56. The molecule has 0 aliphatic carbocycles. The van der Waals surface area contributed by atoms with Crippen molar-refractivity contribution in [1.82, 2.24) is 4.98 Å². The second-order valence-electron chi connectivity index (χ2n) is 5.69. The van der Waals surface area contributed by atoms with E-state index in [1.165, 1.54) is 11.3 Å². The summed E-state index contributed by atoms with van der Waals surface area (Å²) in [6, 6.07) is 5.02. The predicted octanol–water partition coefficient (Wildman–Crippen LogP) is 2.62. The van der Waals surface area contributed by atoms with Crippen LogP contribution >= 0.6 is 11.3 Å². The lowest BCUT2D eigenvalue weighted by molar-refractivity contribution is -0.119. The van der Waals surface area contributed by atoms with Crippen molar-refractivity contribution in [1.29, 1.82) is 0 Å². The van der Waals surface area contributed by atoms with Crippen LogP contribution in [-0.4, -0.2) is 24.0 Å². The van der Waals surface area contributed by atoms with Gasteiger partial charge in [-0.2, -0.15) is 0 Å². The molecule has 0 aliphatic rings. The van der Waals surface area contributed by atoms with Crippen molar-refractivity contribution in [3.05, 3.63) is 18.2 Å². The van der Waals surface area contributed by atoms with Crippen molar-refractivity contribution in [3.8, 4) is 5.75 Å². The van der Waals surface area contributed by atoms with Crippen LogP contribution in [0.5, 0.6) is 5.75 Å². The molecule has 1 aromatic carbocycles. The number of carbonyl (C=O) groups excluding carboxylic acids is 1. The summed E-state index contributed by atoms with van der Waals surface area (Å²) >= 11 is 1.40. The first-order chi connectivity index (χ1) is 9.31.